The maximum absolute atomic E-state index is 12.3. The molecule has 2 fully saturated rings. The largest absolute Gasteiger partial charge is 0.323 e. The first kappa shape index (κ1) is 10.9. The van der Waals surface area contributed by atoms with Crippen LogP contribution in [-0.2, 0) is 4.79 Å². The molecule has 3 nitrogen and oxygen atoms in total. The molecule has 1 aliphatic carbocycles. The molecule has 0 aromatic carbocycles. The second kappa shape index (κ2) is 3.48. The van der Waals surface area contributed by atoms with Gasteiger partial charge in [0.2, 0.25) is 5.91 Å². The van der Waals surface area contributed by atoms with Gasteiger partial charge < -0.3 is 4.90 Å². The van der Waals surface area contributed by atoms with E-state index in [-0.39, 0.29) is 11.7 Å². The van der Waals surface area contributed by atoms with E-state index < -0.39 is 0 Å². The molecule has 0 aromatic heterocycles. The van der Waals surface area contributed by atoms with Gasteiger partial charge >= 0.3 is 0 Å². The Hall–Kier alpha value is -0.570. The lowest BCUT2D eigenvalue weighted by Crippen LogP contribution is -2.45. The van der Waals surface area contributed by atoms with Crippen molar-refractivity contribution in [1.82, 2.24) is 10.2 Å². The zero-order valence-electron chi connectivity index (χ0n) is 10.2. The van der Waals surface area contributed by atoms with Crippen LogP contribution in [0.2, 0.25) is 0 Å². The third-order valence-corrected chi connectivity index (χ3v) is 3.84. The molecule has 2 unspecified atom stereocenters. The first-order chi connectivity index (χ1) is 7.02. The Morgan fingerprint density at radius 2 is 2.13 bits per heavy atom. The zero-order chi connectivity index (χ0) is 11.2. The minimum absolute atomic E-state index is 0.151. The monoisotopic (exact) mass is 210 g/mol. The predicted octanol–water partition coefficient (Wildman–Crippen LogP) is 1.73. The van der Waals surface area contributed by atoms with Crippen LogP contribution in [0.4, 0.5) is 0 Å². The molecule has 1 N–H and O–H groups in total. The van der Waals surface area contributed by atoms with Crippen LogP contribution in [0.3, 0.4) is 0 Å². The van der Waals surface area contributed by atoms with E-state index in [1.54, 1.807) is 0 Å². The molecule has 2 rings (SSSR count). The highest BCUT2D eigenvalue weighted by molar-refractivity contribution is 5.92. The number of nitrogens with zero attached hydrogens (tertiary/aromatic N) is 1. The molecule has 2 aliphatic rings. The minimum atomic E-state index is -0.151. The Morgan fingerprint density at radius 3 is 2.47 bits per heavy atom. The molecule has 86 valence electrons. The van der Waals surface area contributed by atoms with E-state index in [9.17, 15) is 4.79 Å². The van der Waals surface area contributed by atoms with Crippen molar-refractivity contribution in [3.63, 3.8) is 0 Å². The van der Waals surface area contributed by atoms with Gasteiger partial charge in [0.25, 0.3) is 0 Å². The molecule has 0 bridgehead atoms. The van der Waals surface area contributed by atoms with Crippen molar-refractivity contribution in [3.05, 3.63) is 0 Å². The highest BCUT2D eigenvalue weighted by Gasteiger charge is 2.59. The Balaban J connectivity index is 2.17. The summed E-state index contributed by atoms with van der Waals surface area (Å²) in [6.07, 6.45) is 3.32. The van der Waals surface area contributed by atoms with E-state index >= 15 is 0 Å². The summed E-state index contributed by atoms with van der Waals surface area (Å²) in [5.41, 5.74) is -0.151. The fraction of sp³-hybridized carbons (Fsp3) is 0.917. The average molecular weight is 210 g/mol. The molecule has 1 saturated carbocycles. The molecule has 1 heterocycles. The van der Waals surface area contributed by atoms with Crippen molar-refractivity contribution in [2.24, 2.45) is 5.92 Å². The van der Waals surface area contributed by atoms with Crippen molar-refractivity contribution in [2.75, 3.05) is 0 Å². The van der Waals surface area contributed by atoms with Gasteiger partial charge in [0.1, 0.15) is 0 Å². The van der Waals surface area contributed by atoms with Gasteiger partial charge in [0.15, 0.2) is 0 Å². The number of carbonyl (C=O) groups is 1. The maximum Gasteiger partial charge on any atom is 0.244 e. The second-order valence-corrected chi connectivity index (χ2v) is 5.33. The molecule has 3 heteroatoms. The van der Waals surface area contributed by atoms with Crippen LogP contribution in [0.1, 0.15) is 47.0 Å². The van der Waals surface area contributed by atoms with Crippen LogP contribution in [0.25, 0.3) is 0 Å². The lowest BCUT2D eigenvalue weighted by Gasteiger charge is -2.33. The summed E-state index contributed by atoms with van der Waals surface area (Å²) >= 11 is 0. The van der Waals surface area contributed by atoms with E-state index in [2.05, 4.69) is 37.9 Å². The van der Waals surface area contributed by atoms with Gasteiger partial charge in [0, 0.05) is 6.04 Å². The van der Waals surface area contributed by atoms with Gasteiger partial charge in [-0.2, -0.15) is 0 Å². The van der Waals surface area contributed by atoms with Crippen LogP contribution in [-0.4, -0.2) is 28.6 Å². The van der Waals surface area contributed by atoms with Crippen molar-refractivity contribution in [1.29, 1.82) is 0 Å². The standard InChI is InChI=1S/C12H22N2O/c1-5-10(8(2)3)14-9(4)13-12(6-7-12)11(14)15/h8-10,13H,5-7H2,1-4H3. The van der Waals surface area contributed by atoms with Crippen LogP contribution in [0.15, 0.2) is 0 Å². The molecule has 2 atom stereocenters. The van der Waals surface area contributed by atoms with Crippen LogP contribution >= 0.6 is 0 Å². The Kier molecular flexibility index (Phi) is 2.53. The second-order valence-electron chi connectivity index (χ2n) is 5.33. The fourth-order valence-electron chi connectivity index (χ4n) is 2.86. The zero-order valence-corrected chi connectivity index (χ0v) is 10.2. The molecule has 1 aliphatic heterocycles. The van der Waals surface area contributed by atoms with E-state index in [0.29, 0.717) is 17.9 Å². The number of hydrogen-bond donors (Lipinski definition) is 1. The minimum Gasteiger partial charge on any atom is -0.323 e. The molecule has 1 spiro atoms. The quantitative estimate of drug-likeness (QED) is 0.769. The van der Waals surface area contributed by atoms with Gasteiger partial charge in [0.05, 0.1) is 11.7 Å². The number of carbonyl (C=O) groups excluding carboxylic acids is 1. The molecule has 0 aromatic rings. The van der Waals surface area contributed by atoms with E-state index in [1.165, 1.54) is 0 Å². The fourth-order valence-corrected chi connectivity index (χ4v) is 2.86. The lowest BCUT2D eigenvalue weighted by molar-refractivity contribution is -0.133. The van der Waals surface area contributed by atoms with E-state index in [4.69, 9.17) is 0 Å². The SMILES string of the molecule is CCC(C(C)C)N1C(=O)C2(CC2)NC1C. The van der Waals surface area contributed by atoms with Gasteiger partial charge in [-0.25, -0.2) is 0 Å². The summed E-state index contributed by atoms with van der Waals surface area (Å²) in [7, 11) is 0. The Morgan fingerprint density at radius 1 is 1.53 bits per heavy atom. The highest BCUT2D eigenvalue weighted by Crippen LogP contribution is 2.43. The van der Waals surface area contributed by atoms with Crippen molar-refractivity contribution < 1.29 is 4.79 Å². The number of amides is 1. The molecule has 0 radical (unpaired) electrons. The van der Waals surface area contributed by atoms with E-state index in [0.717, 1.165) is 19.3 Å². The number of nitrogens with one attached hydrogen (secondary N) is 1. The Labute approximate surface area is 92.2 Å². The summed E-state index contributed by atoms with van der Waals surface area (Å²) in [6.45, 7) is 8.68. The van der Waals surface area contributed by atoms with Gasteiger partial charge in [-0.15, -0.1) is 0 Å². The van der Waals surface area contributed by atoms with Crippen molar-refractivity contribution in [2.45, 2.75) is 64.7 Å². The van der Waals surface area contributed by atoms with E-state index in [1.807, 2.05) is 0 Å². The summed E-state index contributed by atoms with van der Waals surface area (Å²) in [5.74, 6) is 0.882. The molecule has 15 heavy (non-hydrogen) atoms. The average Bonchev–Trinajstić information content (AvgIpc) is 2.88. The van der Waals surface area contributed by atoms with Crippen LogP contribution in [0.5, 0.6) is 0 Å². The third-order valence-electron chi connectivity index (χ3n) is 3.84. The summed E-state index contributed by atoms with van der Waals surface area (Å²) in [5, 5.41) is 3.45. The van der Waals surface area contributed by atoms with Gasteiger partial charge in [-0.3, -0.25) is 10.1 Å². The van der Waals surface area contributed by atoms with Gasteiger partial charge in [-0.05, 0) is 32.1 Å². The molecular weight excluding hydrogens is 188 g/mol. The smallest absolute Gasteiger partial charge is 0.244 e. The number of hydrogen-bond acceptors (Lipinski definition) is 2. The molecule has 1 saturated heterocycles. The van der Waals surface area contributed by atoms with Crippen LogP contribution in [0, 0.1) is 5.92 Å². The summed E-state index contributed by atoms with van der Waals surface area (Å²) in [6, 6.07) is 0.389. The van der Waals surface area contributed by atoms with Crippen molar-refractivity contribution in [3.8, 4) is 0 Å². The predicted molar refractivity (Wildman–Crippen MR) is 60.3 cm³/mol. The van der Waals surface area contributed by atoms with Crippen LogP contribution < -0.4 is 5.32 Å². The summed E-state index contributed by atoms with van der Waals surface area (Å²) < 4.78 is 0. The highest BCUT2D eigenvalue weighted by atomic mass is 16.2. The van der Waals surface area contributed by atoms with Gasteiger partial charge in [-0.1, -0.05) is 20.8 Å². The Bertz CT molecular complexity index is 271. The third kappa shape index (κ3) is 1.57. The van der Waals surface area contributed by atoms with Crippen molar-refractivity contribution >= 4 is 5.91 Å². The first-order valence-corrected chi connectivity index (χ1v) is 6.12. The first-order valence-electron chi connectivity index (χ1n) is 6.12. The molecular formula is C12H22N2O. The normalized spacial score (nSPS) is 30.3. The molecule has 1 amide bonds. The number of rotatable bonds is 3. The summed E-state index contributed by atoms with van der Waals surface area (Å²) in [4.78, 5) is 14.3. The topological polar surface area (TPSA) is 32.3 Å². The maximum atomic E-state index is 12.3. The lowest BCUT2D eigenvalue weighted by atomic mass is 9.99.